The topological polar surface area (TPSA) is 51.0 Å². The predicted octanol–water partition coefficient (Wildman–Crippen LogP) is 4.61. The molecule has 1 amide bonds. The fraction of sp³-hybridized carbons (Fsp3) is 0.632. The van der Waals surface area contributed by atoms with E-state index in [4.69, 9.17) is 0 Å². The second kappa shape index (κ2) is 8.13. The first-order valence-corrected chi connectivity index (χ1v) is 11.6. The Labute approximate surface area is 163 Å². The molecule has 0 radical (unpaired) electrons. The van der Waals surface area contributed by atoms with Crippen LogP contribution in [0.2, 0.25) is 0 Å². The number of hydrogen-bond acceptors (Lipinski definition) is 5. The molecule has 2 saturated carbocycles. The van der Waals surface area contributed by atoms with E-state index in [1.54, 1.807) is 23.1 Å². The van der Waals surface area contributed by atoms with Gasteiger partial charge in [0.15, 0.2) is 11.0 Å². The number of amides is 1. The zero-order valence-corrected chi connectivity index (χ0v) is 16.9. The lowest BCUT2D eigenvalue weighted by molar-refractivity contribution is -0.131. The molecule has 0 N–H and O–H groups in total. The highest BCUT2D eigenvalue weighted by atomic mass is 32.2. The van der Waals surface area contributed by atoms with Crippen LogP contribution >= 0.6 is 23.1 Å². The molecule has 140 valence electrons. The van der Waals surface area contributed by atoms with Crippen LogP contribution in [0.15, 0.2) is 22.7 Å². The van der Waals surface area contributed by atoms with E-state index in [1.165, 1.54) is 32.1 Å². The van der Waals surface area contributed by atoms with Crippen LogP contribution in [0.5, 0.6) is 0 Å². The number of carbonyl (C=O) groups is 1. The maximum Gasteiger partial charge on any atom is 0.233 e. The Hall–Kier alpha value is -1.34. The van der Waals surface area contributed by atoms with E-state index >= 15 is 0 Å². The SMILES string of the molecule is CCN(C(=O)CSc1nnc(-c2cccs2)n1C1CC1)C1CCCCC1. The number of thioether (sulfide) groups is 1. The Kier molecular flexibility index (Phi) is 5.64. The number of aromatic nitrogens is 3. The van der Waals surface area contributed by atoms with Crippen molar-refractivity contribution >= 4 is 29.0 Å². The summed E-state index contributed by atoms with van der Waals surface area (Å²) in [4.78, 5) is 16.1. The summed E-state index contributed by atoms with van der Waals surface area (Å²) in [5.74, 6) is 1.66. The fourth-order valence-corrected chi connectivity index (χ4v) is 5.45. The summed E-state index contributed by atoms with van der Waals surface area (Å²) in [5, 5.41) is 11.8. The van der Waals surface area contributed by atoms with Crippen molar-refractivity contribution in [3.63, 3.8) is 0 Å². The molecule has 2 aromatic rings. The van der Waals surface area contributed by atoms with Crippen molar-refractivity contribution in [2.24, 2.45) is 0 Å². The Bertz CT molecular complexity index is 733. The van der Waals surface area contributed by atoms with Crippen molar-refractivity contribution < 1.29 is 4.79 Å². The van der Waals surface area contributed by atoms with Crippen molar-refractivity contribution in [2.45, 2.75) is 69.1 Å². The van der Waals surface area contributed by atoms with Gasteiger partial charge in [-0.15, -0.1) is 21.5 Å². The zero-order valence-electron chi connectivity index (χ0n) is 15.3. The molecule has 7 heteroatoms. The first-order valence-electron chi connectivity index (χ1n) is 9.69. The highest BCUT2D eigenvalue weighted by Crippen LogP contribution is 2.41. The second-order valence-electron chi connectivity index (χ2n) is 7.14. The molecule has 2 aliphatic carbocycles. The molecule has 2 heterocycles. The van der Waals surface area contributed by atoms with Crippen molar-refractivity contribution in [1.29, 1.82) is 0 Å². The molecule has 0 unspecified atom stereocenters. The number of rotatable bonds is 7. The molecular formula is C19H26N4OS2. The fourth-order valence-electron chi connectivity index (χ4n) is 3.85. The van der Waals surface area contributed by atoms with E-state index < -0.39 is 0 Å². The molecule has 4 rings (SSSR count). The molecule has 0 atom stereocenters. The van der Waals surface area contributed by atoms with E-state index in [1.807, 2.05) is 6.07 Å². The van der Waals surface area contributed by atoms with Crippen LogP contribution < -0.4 is 0 Å². The van der Waals surface area contributed by atoms with Gasteiger partial charge in [-0.05, 0) is 44.1 Å². The minimum Gasteiger partial charge on any atom is -0.339 e. The minimum atomic E-state index is 0.243. The van der Waals surface area contributed by atoms with Crippen LogP contribution in [-0.4, -0.2) is 43.9 Å². The van der Waals surface area contributed by atoms with Crippen LogP contribution in [0.1, 0.15) is 57.9 Å². The zero-order chi connectivity index (χ0) is 17.9. The maximum atomic E-state index is 12.8. The Balaban J connectivity index is 1.45. The highest BCUT2D eigenvalue weighted by Gasteiger charge is 2.31. The summed E-state index contributed by atoms with van der Waals surface area (Å²) in [5.41, 5.74) is 0. The number of thiophene rings is 1. The van der Waals surface area contributed by atoms with Gasteiger partial charge in [-0.2, -0.15) is 0 Å². The molecule has 0 saturated heterocycles. The van der Waals surface area contributed by atoms with Crippen molar-refractivity contribution in [3.05, 3.63) is 17.5 Å². The van der Waals surface area contributed by atoms with E-state index in [9.17, 15) is 4.79 Å². The molecular weight excluding hydrogens is 364 g/mol. The van der Waals surface area contributed by atoms with Crippen LogP contribution in [0.3, 0.4) is 0 Å². The van der Waals surface area contributed by atoms with E-state index in [2.05, 4.69) is 38.0 Å². The van der Waals surface area contributed by atoms with Crippen molar-refractivity contribution in [1.82, 2.24) is 19.7 Å². The normalized spacial score (nSPS) is 18.2. The highest BCUT2D eigenvalue weighted by molar-refractivity contribution is 7.99. The van der Waals surface area contributed by atoms with Gasteiger partial charge in [0, 0.05) is 18.6 Å². The number of nitrogens with zero attached hydrogens (tertiary/aromatic N) is 4. The Morgan fingerprint density at radius 1 is 1.27 bits per heavy atom. The molecule has 2 fully saturated rings. The van der Waals surface area contributed by atoms with Gasteiger partial charge in [0.05, 0.1) is 10.6 Å². The molecule has 0 aromatic carbocycles. The van der Waals surface area contributed by atoms with Gasteiger partial charge in [-0.3, -0.25) is 9.36 Å². The first-order chi connectivity index (χ1) is 12.8. The molecule has 0 spiro atoms. The van der Waals surface area contributed by atoms with Gasteiger partial charge in [0.1, 0.15) is 0 Å². The molecule has 26 heavy (non-hydrogen) atoms. The second-order valence-corrected chi connectivity index (χ2v) is 9.04. The number of hydrogen-bond donors (Lipinski definition) is 0. The van der Waals surface area contributed by atoms with Gasteiger partial charge in [-0.1, -0.05) is 37.1 Å². The molecule has 5 nitrogen and oxygen atoms in total. The van der Waals surface area contributed by atoms with Gasteiger partial charge < -0.3 is 4.90 Å². The summed E-state index contributed by atoms with van der Waals surface area (Å²) < 4.78 is 2.25. The average molecular weight is 391 g/mol. The summed E-state index contributed by atoms with van der Waals surface area (Å²) in [7, 11) is 0. The third-order valence-electron chi connectivity index (χ3n) is 5.32. The number of carbonyl (C=O) groups excluding carboxylic acids is 1. The summed E-state index contributed by atoms with van der Waals surface area (Å²) in [6.07, 6.45) is 8.49. The standard InChI is InChI=1S/C19H26N4OS2/c1-2-22(14-7-4-3-5-8-14)17(24)13-26-19-21-20-18(16-9-6-12-25-16)23(19)15-10-11-15/h6,9,12,14-15H,2-5,7-8,10-11,13H2,1H3. The monoisotopic (exact) mass is 390 g/mol. The van der Waals surface area contributed by atoms with E-state index in [0.717, 1.165) is 35.2 Å². The van der Waals surface area contributed by atoms with Crippen LogP contribution in [0.25, 0.3) is 10.7 Å². The molecule has 0 bridgehead atoms. The van der Waals surface area contributed by atoms with E-state index in [-0.39, 0.29) is 5.91 Å². The van der Waals surface area contributed by atoms with Gasteiger partial charge in [0.2, 0.25) is 5.91 Å². The minimum absolute atomic E-state index is 0.243. The molecule has 2 aromatic heterocycles. The van der Waals surface area contributed by atoms with Crippen molar-refractivity contribution in [3.8, 4) is 10.7 Å². The summed E-state index contributed by atoms with van der Waals surface area (Å²) in [6.45, 7) is 2.90. The summed E-state index contributed by atoms with van der Waals surface area (Å²) >= 11 is 3.24. The summed E-state index contributed by atoms with van der Waals surface area (Å²) in [6, 6.07) is 5.07. The first kappa shape index (κ1) is 18.0. The van der Waals surface area contributed by atoms with Gasteiger partial charge in [0.25, 0.3) is 0 Å². The molecule has 0 aliphatic heterocycles. The van der Waals surface area contributed by atoms with Gasteiger partial charge >= 0.3 is 0 Å². The third-order valence-corrected chi connectivity index (χ3v) is 7.11. The predicted molar refractivity (Wildman–Crippen MR) is 107 cm³/mol. The lowest BCUT2D eigenvalue weighted by Crippen LogP contribution is -2.42. The Morgan fingerprint density at radius 3 is 2.73 bits per heavy atom. The smallest absolute Gasteiger partial charge is 0.233 e. The largest absolute Gasteiger partial charge is 0.339 e. The average Bonchev–Trinajstić information content (AvgIpc) is 3.19. The van der Waals surface area contributed by atoms with Crippen LogP contribution in [0, 0.1) is 0 Å². The quantitative estimate of drug-likeness (QED) is 0.648. The molecule has 2 aliphatic rings. The maximum absolute atomic E-state index is 12.8. The van der Waals surface area contributed by atoms with E-state index in [0.29, 0.717) is 17.8 Å². The van der Waals surface area contributed by atoms with Crippen molar-refractivity contribution in [2.75, 3.05) is 12.3 Å². The lowest BCUT2D eigenvalue weighted by Gasteiger charge is -2.33. The lowest BCUT2D eigenvalue weighted by atomic mass is 9.94. The Morgan fingerprint density at radius 2 is 2.08 bits per heavy atom. The van der Waals surface area contributed by atoms with Gasteiger partial charge in [-0.25, -0.2) is 0 Å². The third kappa shape index (κ3) is 3.83. The van der Waals surface area contributed by atoms with Crippen LogP contribution in [-0.2, 0) is 4.79 Å². The van der Waals surface area contributed by atoms with Crippen LogP contribution in [0.4, 0.5) is 0 Å².